The van der Waals surface area contributed by atoms with Gasteiger partial charge >= 0.3 is 0 Å². The van der Waals surface area contributed by atoms with Crippen LogP contribution >= 0.6 is 0 Å². The second-order valence-electron chi connectivity index (χ2n) is 5.65. The molecule has 0 aliphatic heterocycles. The maximum Gasteiger partial charge on any atom is 0.0450 e. The number of aryl methyl sites for hydroxylation is 1. The molecule has 17 heavy (non-hydrogen) atoms. The van der Waals surface area contributed by atoms with Gasteiger partial charge in [0.05, 0.1) is 0 Å². The predicted octanol–water partition coefficient (Wildman–Crippen LogP) is 2.79. The van der Waals surface area contributed by atoms with Crippen LogP contribution in [-0.2, 0) is 0 Å². The number of benzene rings is 1. The van der Waals surface area contributed by atoms with Crippen LogP contribution in [0.25, 0.3) is 0 Å². The molecule has 1 rings (SSSR count). The molecule has 0 bridgehead atoms. The summed E-state index contributed by atoms with van der Waals surface area (Å²) in [6.07, 6.45) is 0.734. The molecule has 0 aromatic heterocycles. The van der Waals surface area contributed by atoms with E-state index in [0.29, 0.717) is 0 Å². The summed E-state index contributed by atoms with van der Waals surface area (Å²) < 4.78 is 0. The van der Waals surface area contributed by atoms with Crippen LogP contribution in [-0.4, -0.2) is 17.8 Å². The molecule has 96 valence electrons. The number of nitrogens with one attached hydrogen (secondary N) is 1. The van der Waals surface area contributed by atoms with Crippen LogP contribution < -0.4 is 11.1 Å². The number of aliphatic hydroxyl groups excluding tert-OH is 1. The van der Waals surface area contributed by atoms with E-state index in [9.17, 15) is 0 Å². The van der Waals surface area contributed by atoms with Crippen molar-refractivity contribution in [1.29, 1.82) is 0 Å². The Hall–Kier alpha value is -1.22. The normalized spacial score (nSPS) is 13.5. The number of nitrogens with two attached hydrogens (primary N) is 1. The van der Waals surface area contributed by atoms with Crippen LogP contribution in [0.1, 0.15) is 32.8 Å². The predicted molar refractivity (Wildman–Crippen MR) is 74.2 cm³/mol. The highest BCUT2D eigenvalue weighted by atomic mass is 16.3. The Bertz CT molecular complexity index is 369. The maximum absolute atomic E-state index is 9.14. The summed E-state index contributed by atoms with van der Waals surface area (Å²) >= 11 is 0. The summed E-state index contributed by atoms with van der Waals surface area (Å²) in [5, 5.41) is 12.6. The van der Waals surface area contributed by atoms with Crippen molar-refractivity contribution in [3.8, 4) is 0 Å². The molecular formula is C14H24N2O. The van der Waals surface area contributed by atoms with Crippen molar-refractivity contribution in [2.75, 3.05) is 17.7 Å². The number of aliphatic hydroxyl groups is 1. The van der Waals surface area contributed by atoms with E-state index in [1.54, 1.807) is 0 Å². The first-order valence-electron chi connectivity index (χ1n) is 6.08. The third kappa shape index (κ3) is 3.93. The van der Waals surface area contributed by atoms with Crippen molar-refractivity contribution in [2.45, 2.75) is 40.2 Å². The van der Waals surface area contributed by atoms with Gasteiger partial charge in [0.2, 0.25) is 0 Å². The van der Waals surface area contributed by atoms with E-state index in [-0.39, 0.29) is 18.1 Å². The molecule has 0 fully saturated rings. The van der Waals surface area contributed by atoms with E-state index >= 15 is 0 Å². The Morgan fingerprint density at radius 2 is 2.00 bits per heavy atom. The first kappa shape index (κ1) is 13.8. The van der Waals surface area contributed by atoms with E-state index < -0.39 is 0 Å². The molecule has 0 aliphatic rings. The fraction of sp³-hybridized carbons (Fsp3) is 0.571. The fourth-order valence-corrected chi connectivity index (χ4v) is 1.83. The molecule has 0 saturated heterocycles. The Morgan fingerprint density at radius 1 is 1.35 bits per heavy atom. The van der Waals surface area contributed by atoms with E-state index in [0.717, 1.165) is 17.8 Å². The molecule has 0 amide bonds. The summed E-state index contributed by atoms with van der Waals surface area (Å²) in [7, 11) is 0. The van der Waals surface area contributed by atoms with E-state index in [1.165, 1.54) is 5.56 Å². The summed E-state index contributed by atoms with van der Waals surface area (Å²) in [4.78, 5) is 0. The minimum Gasteiger partial charge on any atom is -0.399 e. The monoisotopic (exact) mass is 236 g/mol. The van der Waals surface area contributed by atoms with Crippen molar-refractivity contribution in [2.24, 2.45) is 5.41 Å². The van der Waals surface area contributed by atoms with Crippen molar-refractivity contribution in [3.05, 3.63) is 23.8 Å². The Labute approximate surface area is 104 Å². The van der Waals surface area contributed by atoms with E-state index in [2.05, 4.69) is 33.0 Å². The van der Waals surface area contributed by atoms with Crippen LogP contribution in [0, 0.1) is 12.3 Å². The maximum atomic E-state index is 9.14. The van der Waals surface area contributed by atoms with Gasteiger partial charge in [-0.1, -0.05) is 26.8 Å². The molecule has 0 spiro atoms. The summed E-state index contributed by atoms with van der Waals surface area (Å²) in [6, 6.07) is 6.09. The van der Waals surface area contributed by atoms with Crippen LogP contribution in [0.3, 0.4) is 0 Å². The molecular weight excluding hydrogens is 212 g/mol. The lowest BCUT2D eigenvalue weighted by Crippen LogP contribution is -2.35. The zero-order valence-electron chi connectivity index (χ0n) is 11.2. The standard InChI is InChI=1S/C14H24N2O/c1-10-5-6-11(15)9-12(10)16-13(7-8-17)14(2,3)4/h5-6,9,13,16-17H,7-8,15H2,1-4H3. The topological polar surface area (TPSA) is 58.3 Å². The minimum atomic E-state index is 0.0970. The van der Waals surface area contributed by atoms with Gasteiger partial charge < -0.3 is 16.2 Å². The average Bonchev–Trinajstić information content (AvgIpc) is 2.21. The number of hydrogen-bond donors (Lipinski definition) is 3. The van der Waals surface area contributed by atoms with Gasteiger partial charge in [0.25, 0.3) is 0 Å². The van der Waals surface area contributed by atoms with Gasteiger partial charge in [-0.15, -0.1) is 0 Å². The van der Waals surface area contributed by atoms with Gasteiger partial charge in [0.15, 0.2) is 0 Å². The first-order valence-corrected chi connectivity index (χ1v) is 6.08. The molecule has 1 unspecified atom stereocenters. The van der Waals surface area contributed by atoms with Crippen molar-refractivity contribution >= 4 is 11.4 Å². The quantitative estimate of drug-likeness (QED) is 0.705. The lowest BCUT2D eigenvalue weighted by Gasteiger charge is -2.32. The zero-order valence-corrected chi connectivity index (χ0v) is 11.2. The zero-order chi connectivity index (χ0) is 13.1. The Morgan fingerprint density at radius 3 is 2.53 bits per heavy atom. The average molecular weight is 236 g/mol. The van der Waals surface area contributed by atoms with E-state index in [4.69, 9.17) is 10.8 Å². The summed E-state index contributed by atoms with van der Waals surface area (Å²) in [5.74, 6) is 0. The lowest BCUT2D eigenvalue weighted by atomic mass is 9.84. The third-order valence-electron chi connectivity index (χ3n) is 3.05. The SMILES string of the molecule is Cc1ccc(N)cc1NC(CCO)C(C)(C)C. The second-order valence-corrected chi connectivity index (χ2v) is 5.65. The molecule has 4 N–H and O–H groups in total. The molecule has 0 aliphatic carbocycles. The smallest absolute Gasteiger partial charge is 0.0450 e. The molecule has 1 aromatic rings. The number of nitrogen functional groups attached to an aromatic ring is 1. The largest absolute Gasteiger partial charge is 0.399 e. The van der Waals surface area contributed by atoms with Gasteiger partial charge in [-0.2, -0.15) is 0 Å². The third-order valence-corrected chi connectivity index (χ3v) is 3.05. The van der Waals surface area contributed by atoms with Crippen LogP contribution in [0.5, 0.6) is 0 Å². The molecule has 3 heteroatoms. The summed E-state index contributed by atoms with van der Waals surface area (Å²) in [5.41, 5.74) is 8.88. The van der Waals surface area contributed by atoms with Crippen LogP contribution in [0.2, 0.25) is 0 Å². The Balaban J connectivity index is 2.89. The molecule has 0 heterocycles. The van der Waals surface area contributed by atoms with Gasteiger partial charge in [0, 0.05) is 24.0 Å². The second kappa shape index (κ2) is 5.41. The van der Waals surface area contributed by atoms with Gasteiger partial charge in [-0.25, -0.2) is 0 Å². The van der Waals surface area contributed by atoms with Gasteiger partial charge in [-0.3, -0.25) is 0 Å². The first-order chi connectivity index (χ1) is 7.84. The van der Waals surface area contributed by atoms with Gasteiger partial charge in [0.1, 0.15) is 0 Å². The molecule has 0 saturated carbocycles. The van der Waals surface area contributed by atoms with Crippen molar-refractivity contribution in [3.63, 3.8) is 0 Å². The van der Waals surface area contributed by atoms with Crippen LogP contribution in [0.4, 0.5) is 11.4 Å². The molecule has 1 atom stereocenters. The van der Waals surface area contributed by atoms with Crippen molar-refractivity contribution in [1.82, 2.24) is 0 Å². The van der Waals surface area contributed by atoms with Crippen molar-refractivity contribution < 1.29 is 5.11 Å². The molecule has 0 radical (unpaired) electrons. The number of rotatable bonds is 4. The fourth-order valence-electron chi connectivity index (χ4n) is 1.83. The lowest BCUT2D eigenvalue weighted by molar-refractivity contribution is 0.235. The molecule has 3 nitrogen and oxygen atoms in total. The molecule has 1 aromatic carbocycles. The summed E-state index contributed by atoms with van der Waals surface area (Å²) in [6.45, 7) is 8.75. The highest BCUT2D eigenvalue weighted by molar-refractivity contribution is 5.59. The Kier molecular flexibility index (Phi) is 4.40. The number of anilines is 2. The minimum absolute atomic E-state index is 0.0970. The van der Waals surface area contributed by atoms with Gasteiger partial charge in [-0.05, 0) is 36.5 Å². The highest BCUT2D eigenvalue weighted by Gasteiger charge is 2.24. The van der Waals surface area contributed by atoms with Crippen LogP contribution in [0.15, 0.2) is 18.2 Å². The number of hydrogen-bond acceptors (Lipinski definition) is 3. The van der Waals surface area contributed by atoms with E-state index in [1.807, 2.05) is 18.2 Å². The highest BCUT2D eigenvalue weighted by Crippen LogP contribution is 2.27.